The van der Waals surface area contributed by atoms with Crippen molar-refractivity contribution in [1.29, 1.82) is 0 Å². The largest absolute Gasteiger partial charge is 0.431 e. The van der Waals surface area contributed by atoms with Gasteiger partial charge in [0.15, 0.2) is 5.65 Å². The predicted octanol–water partition coefficient (Wildman–Crippen LogP) is 5.44. The molecule has 8 heteroatoms. The number of alkyl halides is 3. The minimum Gasteiger partial charge on any atom is -0.278 e. The molecule has 0 aliphatic heterocycles. The van der Waals surface area contributed by atoms with Crippen molar-refractivity contribution in [2.24, 2.45) is 0 Å². The van der Waals surface area contributed by atoms with Gasteiger partial charge in [-0.2, -0.15) is 13.2 Å². The van der Waals surface area contributed by atoms with Crippen LogP contribution in [-0.4, -0.2) is 19.4 Å². The van der Waals surface area contributed by atoms with E-state index in [4.69, 9.17) is 11.6 Å². The fraction of sp³-hybridized carbons (Fsp3) is 0.105. The minimum atomic E-state index is -4.57. The summed E-state index contributed by atoms with van der Waals surface area (Å²) in [6.07, 6.45) is -0.316. The molecule has 0 atom stereocenters. The lowest BCUT2D eigenvalue weighted by atomic mass is 10.1. The van der Waals surface area contributed by atoms with E-state index in [0.29, 0.717) is 21.8 Å². The summed E-state index contributed by atoms with van der Waals surface area (Å²) < 4.78 is 41.9. The van der Waals surface area contributed by atoms with Crippen LogP contribution < -0.4 is 0 Å². The van der Waals surface area contributed by atoms with Gasteiger partial charge in [-0.3, -0.25) is 9.38 Å². The molecule has 0 N–H and O–H groups in total. The van der Waals surface area contributed by atoms with Gasteiger partial charge in [0, 0.05) is 28.5 Å². The van der Waals surface area contributed by atoms with Crippen molar-refractivity contribution in [2.45, 2.75) is 13.1 Å². The van der Waals surface area contributed by atoms with Gasteiger partial charge >= 0.3 is 6.18 Å². The number of aromatic nitrogens is 4. The van der Waals surface area contributed by atoms with Crippen LogP contribution >= 0.6 is 11.6 Å². The molecule has 136 valence electrons. The van der Waals surface area contributed by atoms with E-state index in [1.807, 2.05) is 0 Å². The van der Waals surface area contributed by atoms with Crippen molar-refractivity contribution < 1.29 is 13.2 Å². The summed E-state index contributed by atoms with van der Waals surface area (Å²) in [6.45, 7) is 1.79. The normalized spacial score (nSPS) is 11.9. The molecule has 0 aliphatic carbocycles. The second-order valence-corrected chi connectivity index (χ2v) is 6.42. The molecule has 1 aromatic carbocycles. The molecule has 0 fully saturated rings. The average Bonchev–Trinajstić information content (AvgIpc) is 3.07. The lowest BCUT2D eigenvalue weighted by Crippen LogP contribution is -2.12. The molecule has 3 aromatic heterocycles. The number of aryl methyl sites for hydroxylation is 1. The number of hydrogen-bond donors (Lipinski definition) is 0. The molecule has 0 radical (unpaired) electrons. The van der Waals surface area contributed by atoms with Crippen molar-refractivity contribution in [3.63, 3.8) is 0 Å². The number of pyridine rings is 1. The number of imidazole rings is 1. The summed E-state index contributed by atoms with van der Waals surface area (Å²) in [5.41, 5.74) is 1.68. The Kier molecular flexibility index (Phi) is 4.11. The molecule has 4 aromatic rings. The van der Waals surface area contributed by atoms with Crippen LogP contribution in [0.1, 0.15) is 11.3 Å². The summed E-state index contributed by atoms with van der Waals surface area (Å²) in [5, 5.41) is 0.538. The highest BCUT2D eigenvalue weighted by Crippen LogP contribution is 2.35. The molecule has 27 heavy (non-hydrogen) atoms. The van der Waals surface area contributed by atoms with E-state index >= 15 is 0 Å². The molecule has 4 nitrogen and oxygen atoms in total. The molecule has 3 heterocycles. The average molecular weight is 389 g/mol. The first-order chi connectivity index (χ1) is 12.8. The molecule has 0 amide bonds. The van der Waals surface area contributed by atoms with E-state index in [9.17, 15) is 13.2 Å². The van der Waals surface area contributed by atoms with Crippen LogP contribution in [0.4, 0.5) is 13.2 Å². The van der Waals surface area contributed by atoms with E-state index in [0.717, 1.165) is 22.4 Å². The van der Waals surface area contributed by atoms with E-state index in [1.54, 1.807) is 43.5 Å². The van der Waals surface area contributed by atoms with Crippen molar-refractivity contribution in [2.75, 3.05) is 0 Å². The Morgan fingerprint density at radius 1 is 1.07 bits per heavy atom. The Balaban J connectivity index is 2.01. The Hall–Kier alpha value is -2.93. The van der Waals surface area contributed by atoms with Crippen LogP contribution in [0.25, 0.3) is 28.2 Å². The van der Waals surface area contributed by atoms with Crippen LogP contribution in [0.5, 0.6) is 0 Å². The standard InChI is InChI=1S/C19H12ClF3N4/c1-11-7-12(4-5-14(11)20)15-8-16(19(21,22)23)27-10-25-17(18(27)26-15)13-3-2-6-24-9-13/h2-10H,1H3. The number of benzene rings is 1. The lowest BCUT2D eigenvalue weighted by Gasteiger charge is -2.12. The molecule has 0 aliphatic rings. The number of rotatable bonds is 2. The molecular weight excluding hydrogens is 377 g/mol. The Morgan fingerprint density at radius 2 is 1.89 bits per heavy atom. The Bertz CT molecular complexity index is 1140. The number of hydrogen-bond acceptors (Lipinski definition) is 3. The van der Waals surface area contributed by atoms with Crippen LogP contribution in [0.2, 0.25) is 5.02 Å². The van der Waals surface area contributed by atoms with Gasteiger partial charge in [-0.05, 0) is 42.8 Å². The second-order valence-electron chi connectivity index (χ2n) is 6.02. The van der Waals surface area contributed by atoms with Crippen LogP contribution in [0.15, 0.2) is 55.1 Å². The quantitative estimate of drug-likeness (QED) is 0.459. The molecule has 0 saturated heterocycles. The fourth-order valence-corrected chi connectivity index (χ4v) is 2.96. The fourth-order valence-electron chi connectivity index (χ4n) is 2.85. The smallest absolute Gasteiger partial charge is 0.278 e. The first kappa shape index (κ1) is 17.5. The van der Waals surface area contributed by atoms with Crippen molar-refractivity contribution in [1.82, 2.24) is 19.4 Å². The molecule has 0 unspecified atom stereocenters. The van der Waals surface area contributed by atoms with E-state index in [2.05, 4.69) is 15.0 Å². The highest BCUT2D eigenvalue weighted by atomic mass is 35.5. The van der Waals surface area contributed by atoms with Gasteiger partial charge in [-0.1, -0.05) is 17.7 Å². The van der Waals surface area contributed by atoms with Crippen molar-refractivity contribution >= 4 is 17.2 Å². The summed E-state index contributed by atoms with van der Waals surface area (Å²) >= 11 is 6.03. The van der Waals surface area contributed by atoms with Crippen LogP contribution in [0.3, 0.4) is 0 Å². The molecule has 0 spiro atoms. The van der Waals surface area contributed by atoms with Crippen LogP contribution in [0, 0.1) is 6.92 Å². The van der Waals surface area contributed by atoms with E-state index in [1.165, 1.54) is 6.20 Å². The first-order valence-electron chi connectivity index (χ1n) is 7.97. The van der Waals surface area contributed by atoms with Gasteiger partial charge < -0.3 is 0 Å². The maximum Gasteiger partial charge on any atom is 0.431 e. The maximum atomic E-state index is 13.7. The molecule has 4 rings (SSSR count). The lowest BCUT2D eigenvalue weighted by molar-refractivity contribution is -0.142. The van der Waals surface area contributed by atoms with E-state index in [-0.39, 0.29) is 11.3 Å². The van der Waals surface area contributed by atoms with Crippen molar-refractivity contribution in [3.8, 4) is 22.5 Å². The van der Waals surface area contributed by atoms with E-state index < -0.39 is 11.9 Å². The second kappa shape index (κ2) is 6.35. The maximum absolute atomic E-state index is 13.7. The van der Waals surface area contributed by atoms with Gasteiger partial charge in [0.05, 0.1) is 5.69 Å². The summed E-state index contributed by atoms with van der Waals surface area (Å²) in [5.74, 6) is 0. The molecule has 0 saturated carbocycles. The molecule has 0 bridgehead atoms. The van der Waals surface area contributed by atoms with Gasteiger partial charge in [0.2, 0.25) is 0 Å². The Labute approximate surface area is 157 Å². The zero-order valence-corrected chi connectivity index (χ0v) is 14.8. The zero-order chi connectivity index (χ0) is 19.2. The number of nitrogens with zero attached hydrogens (tertiary/aromatic N) is 4. The summed E-state index contributed by atoms with van der Waals surface area (Å²) in [4.78, 5) is 12.6. The number of fused-ring (bicyclic) bond motifs is 1. The summed E-state index contributed by atoms with van der Waals surface area (Å²) in [6, 6.07) is 9.44. The minimum absolute atomic E-state index is 0.112. The molecular formula is C19H12ClF3N4. The third-order valence-electron chi connectivity index (χ3n) is 4.18. The van der Waals surface area contributed by atoms with Gasteiger partial charge in [0.25, 0.3) is 0 Å². The number of halogens is 4. The van der Waals surface area contributed by atoms with Crippen molar-refractivity contribution in [3.05, 3.63) is 71.4 Å². The van der Waals surface area contributed by atoms with Gasteiger partial charge in [0.1, 0.15) is 17.7 Å². The van der Waals surface area contributed by atoms with Gasteiger partial charge in [-0.25, -0.2) is 9.97 Å². The Morgan fingerprint density at radius 3 is 2.56 bits per heavy atom. The summed E-state index contributed by atoms with van der Waals surface area (Å²) in [7, 11) is 0. The monoisotopic (exact) mass is 388 g/mol. The SMILES string of the molecule is Cc1cc(-c2cc(C(F)(F)F)n3cnc(-c4cccnc4)c3n2)ccc1Cl. The predicted molar refractivity (Wildman–Crippen MR) is 96.4 cm³/mol. The zero-order valence-electron chi connectivity index (χ0n) is 14.0. The highest BCUT2D eigenvalue weighted by Gasteiger charge is 2.35. The topological polar surface area (TPSA) is 43.1 Å². The highest BCUT2D eigenvalue weighted by molar-refractivity contribution is 6.31. The first-order valence-corrected chi connectivity index (χ1v) is 8.34. The van der Waals surface area contributed by atoms with Crippen LogP contribution in [-0.2, 0) is 6.18 Å². The third-order valence-corrected chi connectivity index (χ3v) is 4.60. The third kappa shape index (κ3) is 3.14. The van der Waals surface area contributed by atoms with Gasteiger partial charge in [-0.15, -0.1) is 0 Å².